The third-order valence-corrected chi connectivity index (χ3v) is 5.00. The van der Waals surface area contributed by atoms with Crippen LogP contribution in [0.5, 0.6) is 0 Å². The summed E-state index contributed by atoms with van der Waals surface area (Å²) in [6.07, 6.45) is 8.18. The highest BCUT2D eigenvalue weighted by atomic mass is 15.2. The van der Waals surface area contributed by atoms with Gasteiger partial charge in [-0.2, -0.15) is 0 Å². The van der Waals surface area contributed by atoms with E-state index in [9.17, 15) is 0 Å². The van der Waals surface area contributed by atoms with Gasteiger partial charge in [-0.3, -0.25) is 0 Å². The van der Waals surface area contributed by atoms with Gasteiger partial charge in [0.1, 0.15) is 0 Å². The largest absolute Gasteiger partial charge is 0.303 e. The van der Waals surface area contributed by atoms with Gasteiger partial charge >= 0.3 is 0 Å². The third-order valence-electron chi connectivity index (χ3n) is 5.00. The molecule has 2 fully saturated rings. The Kier molecular flexibility index (Phi) is 5.10. The van der Waals surface area contributed by atoms with E-state index in [0.717, 1.165) is 6.04 Å². The lowest BCUT2D eigenvalue weighted by atomic mass is 10.0. The molecular weight excluding hydrogens is 244 g/mol. The van der Waals surface area contributed by atoms with Crippen molar-refractivity contribution in [1.29, 1.82) is 0 Å². The molecule has 110 valence electrons. The van der Waals surface area contributed by atoms with Crippen LogP contribution in [0.1, 0.15) is 37.7 Å². The molecule has 0 aromatic heterocycles. The second kappa shape index (κ2) is 7.24. The third kappa shape index (κ3) is 3.83. The predicted molar refractivity (Wildman–Crippen MR) is 85.0 cm³/mol. The molecule has 2 saturated heterocycles. The average molecular weight is 272 g/mol. The van der Waals surface area contributed by atoms with Crippen molar-refractivity contribution in [2.24, 2.45) is 0 Å². The topological polar surface area (TPSA) is 6.48 Å². The molecule has 0 N–H and O–H groups in total. The Morgan fingerprint density at radius 2 is 1.60 bits per heavy atom. The Hall–Kier alpha value is -0.860. The van der Waals surface area contributed by atoms with Crippen molar-refractivity contribution in [3.8, 4) is 0 Å². The molecule has 0 amide bonds. The zero-order valence-corrected chi connectivity index (χ0v) is 12.6. The normalized spacial score (nSPS) is 22.4. The van der Waals surface area contributed by atoms with Crippen LogP contribution >= 0.6 is 0 Å². The fourth-order valence-corrected chi connectivity index (χ4v) is 3.77. The lowest BCUT2D eigenvalue weighted by Gasteiger charge is -2.36. The number of hydrogen-bond acceptors (Lipinski definition) is 2. The average Bonchev–Trinajstić information content (AvgIpc) is 3.03. The molecule has 0 bridgehead atoms. The fraction of sp³-hybridized carbons (Fsp3) is 0.667. The van der Waals surface area contributed by atoms with Crippen LogP contribution in [0.4, 0.5) is 0 Å². The van der Waals surface area contributed by atoms with Crippen LogP contribution in [-0.2, 0) is 6.42 Å². The second-order valence-electron chi connectivity index (χ2n) is 6.41. The molecule has 1 aromatic rings. The number of nitrogens with zero attached hydrogens (tertiary/aromatic N) is 2. The quantitative estimate of drug-likeness (QED) is 0.812. The van der Waals surface area contributed by atoms with Crippen molar-refractivity contribution in [2.45, 2.75) is 44.6 Å². The van der Waals surface area contributed by atoms with E-state index in [0.29, 0.717) is 0 Å². The number of aryl methyl sites for hydroxylation is 1. The summed E-state index contributed by atoms with van der Waals surface area (Å²) in [6.45, 7) is 6.63. The summed E-state index contributed by atoms with van der Waals surface area (Å²) in [6, 6.07) is 11.8. The van der Waals surface area contributed by atoms with Crippen LogP contribution in [0.15, 0.2) is 30.3 Å². The minimum Gasteiger partial charge on any atom is -0.303 e. The van der Waals surface area contributed by atoms with Crippen LogP contribution in [0.2, 0.25) is 0 Å². The highest BCUT2D eigenvalue weighted by Crippen LogP contribution is 2.21. The highest BCUT2D eigenvalue weighted by Gasteiger charge is 2.25. The molecule has 0 radical (unpaired) electrons. The Bertz CT molecular complexity index is 376. The van der Waals surface area contributed by atoms with E-state index >= 15 is 0 Å². The van der Waals surface area contributed by atoms with Crippen molar-refractivity contribution in [3.63, 3.8) is 0 Å². The summed E-state index contributed by atoms with van der Waals surface area (Å²) in [7, 11) is 0. The Labute approximate surface area is 123 Å². The standard InChI is InChI=1S/C18H28N2/c1-2-7-17(8-3-1)9-6-12-19-15-10-18(11-16-19)20-13-4-5-14-20/h1-3,7-8,18H,4-6,9-16H2. The molecule has 20 heavy (non-hydrogen) atoms. The van der Waals surface area contributed by atoms with E-state index in [1.165, 1.54) is 76.8 Å². The fourth-order valence-electron chi connectivity index (χ4n) is 3.77. The molecular formula is C18H28N2. The van der Waals surface area contributed by atoms with Crippen molar-refractivity contribution < 1.29 is 0 Å². The predicted octanol–water partition coefficient (Wildman–Crippen LogP) is 3.18. The lowest BCUT2D eigenvalue weighted by molar-refractivity contribution is 0.126. The SMILES string of the molecule is c1ccc(CCCN2CCC(N3CCCC3)CC2)cc1. The van der Waals surface area contributed by atoms with Crippen LogP contribution in [0.3, 0.4) is 0 Å². The zero-order valence-electron chi connectivity index (χ0n) is 12.6. The summed E-state index contributed by atoms with van der Waals surface area (Å²) in [5, 5.41) is 0. The first kappa shape index (κ1) is 14.1. The molecule has 0 spiro atoms. The molecule has 0 atom stereocenters. The van der Waals surface area contributed by atoms with Crippen LogP contribution in [-0.4, -0.2) is 48.6 Å². The smallest absolute Gasteiger partial charge is 0.0120 e. The Balaban J connectivity index is 1.34. The van der Waals surface area contributed by atoms with E-state index in [-0.39, 0.29) is 0 Å². The molecule has 0 aliphatic carbocycles. The van der Waals surface area contributed by atoms with E-state index in [1.54, 1.807) is 0 Å². The van der Waals surface area contributed by atoms with Crippen LogP contribution in [0, 0.1) is 0 Å². The van der Waals surface area contributed by atoms with Gasteiger partial charge in [0.2, 0.25) is 0 Å². The number of likely N-dealkylation sites (tertiary alicyclic amines) is 2. The van der Waals surface area contributed by atoms with Gasteiger partial charge < -0.3 is 9.80 Å². The molecule has 3 rings (SSSR count). The summed E-state index contributed by atoms with van der Waals surface area (Å²) < 4.78 is 0. The first-order chi connectivity index (χ1) is 9.92. The van der Waals surface area contributed by atoms with Gasteiger partial charge in [0.25, 0.3) is 0 Å². The summed E-state index contributed by atoms with van der Waals surface area (Å²) >= 11 is 0. The molecule has 2 aliphatic rings. The van der Waals surface area contributed by atoms with E-state index in [1.807, 2.05) is 0 Å². The molecule has 0 unspecified atom stereocenters. The number of piperidine rings is 1. The Morgan fingerprint density at radius 1 is 0.900 bits per heavy atom. The maximum Gasteiger partial charge on any atom is 0.0120 e. The van der Waals surface area contributed by atoms with Gasteiger partial charge in [0, 0.05) is 6.04 Å². The first-order valence-electron chi connectivity index (χ1n) is 8.42. The minimum atomic E-state index is 0.892. The molecule has 2 aliphatic heterocycles. The first-order valence-corrected chi connectivity index (χ1v) is 8.42. The maximum absolute atomic E-state index is 2.74. The number of benzene rings is 1. The van der Waals surface area contributed by atoms with E-state index in [4.69, 9.17) is 0 Å². The summed E-state index contributed by atoms with van der Waals surface area (Å²) in [5.41, 5.74) is 1.49. The van der Waals surface area contributed by atoms with Crippen molar-refractivity contribution in [1.82, 2.24) is 9.80 Å². The van der Waals surface area contributed by atoms with Gasteiger partial charge in [0.15, 0.2) is 0 Å². The maximum atomic E-state index is 2.74. The van der Waals surface area contributed by atoms with Gasteiger partial charge in [-0.1, -0.05) is 30.3 Å². The van der Waals surface area contributed by atoms with Crippen molar-refractivity contribution in [2.75, 3.05) is 32.7 Å². The highest BCUT2D eigenvalue weighted by molar-refractivity contribution is 5.14. The van der Waals surface area contributed by atoms with Gasteiger partial charge in [0.05, 0.1) is 0 Å². The van der Waals surface area contributed by atoms with Crippen LogP contribution in [0.25, 0.3) is 0 Å². The van der Waals surface area contributed by atoms with Crippen molar-refractivity contribution >= 4 is 0 Å². The summed E-state index contributed by atoms with van der Waals surface area (Å²) in [5.74, 6) is 0. The molecule has 2 heteroatoms. The van der Waals surface area contributed by atoms with Gasteiger partial charge in [-0.25, -0.2) is 0 Å². The van der Waals surface area contributed by atoms with Gasteiger partial charge in [-0.05, 0) is 76.8 Å². The van der Waals surface area contributed by atoms with E-state index < -0.39 is 0 Å². The van der Waals surface area contributed by atoms with Crippen molar-refractivity contribution in [3.05, 3.63) is 35.9 Å². The zero-order chi connectivity index (χ0) is 13.6. The molecule has 0 saturated carbocycles. The Morgan fingerprint density at radius 3 is 2.30 bits per heavy atom. The monoisotopic (exact) mass is 272 g/mol. The molecule has 2 nitrogen and oxygen atoms in total. The second-order valence-corrected chi connectivity index (χ2v) is 6.41. The molecule has 2 heterocycles. The van der Waals surface area contributed by atoms with Gasteiger partial charge in [-0.15, -0.1) is 0 Å². The van der Waals surface area contributed by atoms with E-state index in [2.05, 4.69) is 40.1 Å². The number of rotatable bonds is 5. The lowest BCUT2D eigenvalue weighted by Crippen LogP contribution is -2.44. The number of hydrogen-bond donors (Lipinski definition) is 0. The molecule has 1 aromatic carbocycles. The minimum absolute atomic E-state index is 0.892. The van der Waals surface area contributed by atoms with Crippen LogP contribution < -0.4 is 0 Å². The summed E-state index contributed by atoms with van der Waals surface area (Å²) in [4.78, 5) is 5.41.